The van der Waals surface area contributed by atoms with E-state index in [0.29, 0.717) is 17.1 Å². The van der Waals surface area contributed by atoms with E-state index in [0.717, 1.165) is 25.7 Å². The van der Waals surface area contributed by atoms with Crippen molar-refractivity contribution < 1.29 is 9.53 Å². The number of amides is 1. The lowest BCUT2D eigenvalue weighted by atomic mass is 10.2. The van der Waals surface area contributed by atoms with Gasteiger partial charge in [0.15, 0.2) is 0 Å². The number of ether oxygens (including phenoxy) is 1. The van der Waals surface area contributed by atoms with Gasteiger partial charge < -0.3 is 14.2 Å². The third-order valence-corrected chi connectivity index (χ3v) is 3.62. The van der Waals surface area contributed by atoms with E-state index in [2.05, 4.69) is 6.07 Å². The standard InChI is InChI=1S/C14H19N3O2/c1-16(2)13(18)12-8-10(9-15)14(19-3)17(12)11-6-4-5-7-11/h8,11H,4-7H2,1-3H3. The molecule has 1 aliphatic carbocycles. The predicted molar refractivity (Wildman–Crippen MR) is 71.2 cm³/mol. The van der Waals surface area contributed by atoms with Crippen LogP contribution in [0.5, 0.6) is 5.88 Å². The fourth-order valence-corrected chi connectivity index (χ4v) is 2.71. The molecule has 1 saturated carbocycles. The Morgan fingerprint density at radius 1 is 1.47 bits per heavy atom. The fourth-order valence-electron chi connectivity index (χ4n) is 2.71. The van der Waals surface area contributed by atoms with Gasteiger partial charge in [0, 0.05) is 20.1 Å². The van der Waals surface area contributed by atoms with Crippen LogP contribution in [0.2, 0.25) is 0 Å². The molecule has 0 aromatic carbocycles. The number of carbonyl (C=O) groups excluding carboxylic acids is 1. The zero-order valence-corrected chi connectivity index (χ0v) is 11.6. The second-order valence-corrected chi connectivity index (χ2v) is 5.07. The molecule has 19 heavy (non-hydrogen) atoms. The van der Waals surface area contributed by atoms with Gasteiger partial charge in [-0.25, -0.2) is 0 Å². The van der Waals surface area contributed by atoms with Gasteiger partial charge in [-0.2, -0.15) is 5.26 Å². The number of methoxy groups -OCH3 is 1. The highest BCUT2D eigenvalue weighted by atomic mass is 16.5. The smallest absolute Gasteiger partial charge is 0.270 e. The summed E-state index contributed by atoms with van der Waals surface area (Å²) in [4.78, 5) is 13.8. The molecular formula is C14H19N3O2. The number of carbonyl (C=O) groups is 1. The van der Waals surface area contributed by atoms with Crippen LogP contribution in [0.3, 0.4) is 0 Å². The summed E-state index contributed by atoms with van der Waals surface area (Å²) in [5.74, 6) is 0.423. The molecule has 1 heterocycles. The second-order valence-electron chi connectivity index (χ2n) is 5.07. The summed E-state index contributed by atoms with van der Waals surface area (Å²) in [6.07, 6.45) is 4.38. The number of nitriles is 1. The number of hydrogen-bond acceptors (Lipinski definition) is 3. The van der Waals surface area contributed by atoms with E-state index in [-0.39, 0.29) is 11.9 Å². The number of nitrogens with zero attached hydrogens (tertiary/aromatic N) is 3. The molecule has 102 valence electrons. The van der Waals surface area contributed by atoms with Gasteiger partial charge in [-0.3, -0.25) is 4.79 Å². The normalized spacial score (nSPS) is 15.3. The van der Waals surface area contributed by atoms with Gasteiger partial charge in [0.05, 0.1) is 7.11 Å². The lowest BCUT2D eigenvalue weighted by Crippen LogP contribution is -2.25. The van der Waals surface area contributed by atoms with Gasteiger partial charge in [-0.05, 0) is 18.9 Å². The van der Waals surface area contributed by atoms with Crippen LogP contribution in [0, 0.1) is 11.3 Å². The lowest BCUT2D eigenvalue weighted by Gasteiger charge is -2.20. The summed E-state index contributed by atoms with van der Waals surface area (Å²) in [5, 5.41) is 9.18. The van der Waals surface area contributed by atoms with Crippen molar-refractivity contribution >= 4 is 5.91 Å². The molecule has 0 aliphatic heterocycles. The average molecular weight is 261 g/mol. The molecule has 0 radical (unpaired) electrons. The zero-order valence-electron chi connectivity index (χ0n) is 11.6. The maximum atomic E-state index is 12.3. The van der Waals surface area contributed by atoms with E-state index >= 15 is 0 Å². The van der Waals surface area contributed by atoms with Crippen LogP contribution in [-0.2, 0) is 0 Å². The van der Waals surface area contributed by atoms with Crippen LogP contribution in [0.15, 0.2) is 6.07 Å². The zero-order chi connectivity index (χ0) is 14.0. The highest BCUT2D eigenvalue weighted by Crippen LogP contribution is 2.37. The molecule has 1 amide bonds. The van der Waals surface area contributed by atoms with Gasteiger partial charge in [0.2, 0.25) is 5.88 Å². The minimum atomic E-state index is -0.0910. The van der Waals surface area contributed by atoms with Gasteiger partial charge in [0.1, 0.15) is 17.3 Å². The predicted octanol–water partition coefficient (Wildman–Crippen LogP) is 2.19. The molecule has 1 aliphatic rings. The summed E-state index contributed by atoms with van der Waals surface area (Å²) in [7, 11) is 4.98. The lowest BCUT2D eigenvalue weighted by molar-refractivity contribution is 0.0813. The maximum Gasteiger partial charge on any atom is 0.270 e. The Bertz CT molecular complexity index is 520. The maximum absolute atomic E-state index is 12.3. The molecule has 1 fully saturated rings. The molecule has 5 nitrogen and oxygen atoms in total. The summed E-state index contributed by atoms with van der Waals surface area (Å²) >= 11 is 0. The van der Waals surface area contributed by atoms with Gasteiger partial charge in [-0.15, -0.1) is 0 Å². The first-order chi connectivity index (χ1) is 9.10. The summed E-state index contributed by atoms with van der Waals surface area (Å²) in [6.45, 7) is 0. The SMILES string of the molecule is COc1c(C#N)cc(C(=O)N(C)C)n1C1CCCC1. The highest BCUT2D eigenvalue weighted by molar-refractivity contribution is 5.93. The quantitative estimate of drug-likeness (QED) is 0.838. The summed E-state index contributed by atoms with van der Waals surface area (Å²) < 4.78 is 7.27. The van der Waals surface area contributed by atoms with Gasteiger partial charge >= 0.3 is 0 Å². The van der Waals surface area contributed by atoms with Crippen LogP contribution >= 0.6 is 0 Å². The fraction of sp³-hybridized carbons (Fsp3) is 0.571. The Hall–Kier alpha value is -1.96. The van der Waals surface area contributed by atoms with Gasteiger partial charge in [-0.1, -0.05) is 12.8 Å². The minimum absolute atomic E-state index is 0.0910. The van der Waals surface area contributed by atoms with Crippen molar-refractivity contribution in [1.82, 2.24) is 9.47 Å². The molecule has 0 saturated heterocycles. The van der Waals surface area contributed by atoms with Crippen LogP contribution in [0.1, 0.15) is 47.8 Å². The van der Waals surface area contributed by atoms with E-state index in [9.17, 15) is 10.1 Å². The third kappa shape index (κ3) is 2.30. The van der Waals surface area contributed by atoms with E-state index in [1.165, 1.54) is 4.90 Å². The molecule has 5 heteroatoms. The Morgan fingerprint density at radius 2 is 2.11 bits per heavy atom. The first-order valence-electron chi connectivity index (χ1n) is 6.51. The van der Waals surface area contributed by atoms with E-state index in [1.807, 2.05) is 4.57 Å². The monoisotopic (exact) mass is 261 g/mol. The van der Waals surface area contributed by atoms with Crippen molar-refractivity contribution in [2.45, 2.75) is 31.7 Å². The van der Waals surface area contributed by atoms with Crippen LogP contribution < -0.4 is 4.74 Å². The molecule has 0 spiro atoms. The Balaban J connectivity index is 2.55. The topological polar surface area (TPSA) is 58.3 Å². The molecule has 0 atom stereocenters. The van der Waals surface area contributed by atoms with Crippen molar-refractivity contribution in [2.75, 3.05) is 21.2 Å². The molecular weight excluding hydrogens is 242 g/mol. The van der Waals surface area contributed by atoms with Crippen molar-refractivity contribution in [3.05, 3.63) is 17.3 Å². The minimum Gasteiger partial charge on any atom is -0.481 e. The molecule has 0 bridgehead atoms. The first-order valence-corrected chi connectivity index (χ1v) is 6.51. The van der Waals surface area contributed by atoms with Crippen molar-refractivity contribution in [1.29, 1.82) is 5.26 Å². The molecule has 1 aromatic heterocycles. The second kappa shape index (κ2) is 5.35. The van der Waals surface area contributed by atoms with E-state index in [1.54, 1.807) is 27.3 Å². The molecule has 2 rings (SSSR count). The summed E-state index contributed by atoms with van der Waals surface area (Å²) in [6, 6.07) is 4.01. The number of hydrogen-bond donors (Lipinski definition) is 0. The van der Waals surface area contributed by atoms with Crippen molar-refractivity contribution in [2.24, 2.45) is 0 Å². The van der Waals surface area contributed by atoms with Crippen LogP contribution in [-0.4, -0.2) is 36.6 Å². The third-order valence-electron chi connectivity index (χ3n) is 3.62. The van der Waals surface area contributed by atoms with Crippen LogP contribution in [0.4, 0.5) is 0 Å². The highest BCUT2D eigenvalue weighted by Gasteiger charge is 2.28. The number of rotatable bonds is 3. The van der Waals surface area contributed by atoms with E-state index in [4.69, 9.17) is 4.74 Å². The largest absolute Gasteiger partial charge is 0.481 e. The molecule has 1 aromatic rings. The first kappa shape index (κ1) is 13.5. The molecule has 0 N–H and O–H groups in total. The summed E-state index contributed by atoms with van der Waals surface area (Å²) in [5.41, 5.74) is 0.977. The van der Waals surface area contributed by atoms with Crippen LogP contribution in [0.25, 0.3) is 0 Å². The Morgan fingerprint density at radius 3 is 2.58 bits per heavy atom. The Labute approximate surface area is 113 Å². The average Bonchev–Trinajstić information content (AvgIpc) is 3.03. The van der Waals surface area contributed by atoms with Crippen molar-refractivity contribution in [3.8, 4) is 11.9 Å². The molecule has 0 unspecified atom stereocenters. The van der Waals surface area contributed by atoms with Gasteiger partial charge in [0.25, 0.3) is 5.91 Å². The number of aromatic nitrogens is 1. The van der Waals surface area contributed by atoms with Crippen molar-refractivity contribution in [3.63, 3.8) is 0 Å². The van der Waals surface area contributed by atoms with E-state index < -0.39 is 0 Å². The Kier molecular flexibility index (Phi) is 3.79.